The van der Waals surface area contributed by atoms with E-state index in [2.05, 4.69) is 4.72 Å². The number of nitrogens with one attached hydrogen (secondary N) is 1. The van der Waals surface area contributed by atoms with Crippen molar-refractivity contribution in [3.63, 3.8) is 0 Å². The van der Waals surface area contributed by atoms with E-state index >= 15 is 0 Å². The molecule has 0 aliphatic rings. The van der Waals surface area contributed by atoms with Crippen LogP contribution in [0.3, 0.4) is 0 Å². The topological polar surface area (TPSA) is 55.4 Å². The number of hydrogen-bond donors (Lipinski definition) is 1. The van der Waals surface area contributed by atoms with Gasteiger partial charge in [0, 0.05) is 0 Å². The van der Waals surface area contributed by atoms with E-state index in [4.69, 9.17) is 4.74 Å². The summed E-state index contributed by atoms with van der Waals surface area (Å²) in [6, 6.07) is 3.38. The zero-order valence-electron chi connectivity index (χ0n) is 9.99. The van der Waals surface area contributed by atoms with Gasteiger partial charge in [0.15, 0.2) is 0 Å². The van der Waals surface area contributed by atoms with Crippen molar-refractivity contribution in [2.75, 3.05) is 13.7 Å². The Bertz CT molecular complexity index is 480. The molecule has 0 aliphatic carbocycles. The summed E-state index contributed by atoms with van der Waals surface area (Å²) in [6.07, 6.45) is 0. The Kier molecular flexibility index (Phi) is 3.93. The molecule has 16 heavy (non-hydrogen) atoms. The predicted molar refractivity (Wildman–Crippen MR) is 63.3 cm³/mol. The number of hydrogen-bond acceptors (Lipinski definition) is 3. The van der Waals surface area contributed by atoms with Crippen molar-refractivity contribution in [2.45, 2.75) is 25.7 Å². The molecule has 1 aromatic rings. The fourth-order valence-corrected chi connectivity index (χ4v) is 2.51. The van der Waals surface area contributed by atoms with Crippen molar-refractivity contribution in [3.05, 3.63) is 23.3 Å². The third-order valence-electron chi connectivity index (χ3n) is 2.33. The fourth-order valence-electron chi connectivity index (χ4n) is 1.47. The summed E-state index contributed by atoms with van der Waals surface area (Å²) in [5.41, 5.74) is 1.50. The smallest absolute Gasteiger partial charge is 0.240 e. The molecule has 0 atom stereocenters. The van der Waals surface area contributed by atoms with Gasteiger partial charge in [0.05, 0.1) is 11.5 Å². The van der Waals surface area contributed by atoms with Crippen LogP contribution >= 0.6 is 0 Å². The minimum absolute atomic E-state index is 0.302. The van der Waals surface area contributed by atoms with Crippen LogP contribution in [0.1, 0.15) is 18.1 Å². The Balaban J connectivity index is 3.31. The van der Waals surface area contributed by atoms with Gasteiger partial charge < -0.3 is 4.74 Å². The molecule has 0 fully saturated rings. The molecule has 1 N–H and O–H groups in total. The quantitative estimate of drug-likeness (QED) is 0.874. The maximum absolute atomic E-state index is 11.7. The molecule has 1 rings (SSSR count). The monoisotopic (exact) mass is 243 g/mol. The molecule has 0 saturated carbocycles. The van der Waals surface area contributed by atoms with Crippen LogP contribution in [0.5, 0.6) is 5.75 Å². The molecule has 4 nitrogen and oxygen atoms in total. The van der Waals surface area contributed by atoms with Gasteiger partial charge in [-0.1, -0.05) is 0 Å². The highest BCUT2D eigenvalue weighted by Crippen LogP contribution is 2.25. The predicted octanol–water partition coefficient (Wildman–Crippen LogP) is 1.61. The van der Waals surface area contributed by atoms with E-state index in [1.807, 2.05) is 13.8 Å². The first-order chi connectivity index (χ1) is 7.42. The molecule has 0 aliphatic heterocycles. The van der Waals surface area contributed by atoms with Crippen molar-refractivity contribution < 1.29 is 13.2 Å². The van der Waals surface area contributed by atoms with Gasteiger partial charge in [0.1, 0.15) is 5.75 Å². The molecule has 1 aromatic carbocycles. The van der Waals surface area contributed by atoms with Gasteiger partial charge in [-0.05, 0) is 51.1 Å². The number of sulfonamides is 1. The van der Waals surface area contributed by atoms with Crippen LogP contribution in [-0.2, 0) is 10.0 Å². The molecule has 0 unspecified atom stereocenters. The summed E-state index contributed by atoms with van der Waals surface area (Å²) in [7, 11) is -1.99. The first-order valence-electron chi connectivity index (χ1n) is 5.10. The Morgan fingerprint density at radius 1 is 1.25 bits per heavy atom. The fraction of sp³-hybridized carbons (Fsp3) is 0.455. The number of aryl methyl sites for hydroxylation is 2. The van der Waals surface area contributed by atoms with Crippen LogP contribution in [0.4, 0.5) is 0 Å². The zero-order valence-corrected chi connectivity index (χ0v) is 10.8. The zero-order chi connectivity index (χ0) is 12.3. The van der Waals surface area contributed by atoms with Crippen molar-refractivity contribution in [3.8, 4) is 5.75 Å². The largest absolute Gasteiger partial charge is 0.494 e. The summed E-state index contributed by atoms with van der Waals surface area (Å²) in [5.74, 6) is 0.732. The second kappa shape index (κ2) is 4.84. The third kappa shape index (κ3) is 2.54. The van der Waals surface area contributed by atoms with E-state index in [1.54, 1.807) is 19.1 Å². The Morgan fingerprint density at radius 2 is 1.88 bits per heavy atom. The molecule has 90 valence electrons. The van der Waals surface area contributed by atoms with E-state index in [0.717, 1.165) is 11.3 Å². The molecule has 0 spiro atoms. The Labute approximate surface area is 96.7 Å². The summed E-state index contributed by atoms with van der Waals surface area (Å²) in [4.78, 5) is 0.302. The van der Waals surface area contributed by atoms with Gasteiger partial charge in [0.2, 0.25) is 10.0 Å². The molecule has 0 heterocycles. The molecular weight excluding hydrogens is 226 g/mol. The first-order valence-corrected chi connectivity index (χ1v) is 6.58. The highest BCUT2D eigenvalue weighted by molar-refractivity contribution is 7.89. The van der Waals surface area contributed by atoms with Gasteiger partial charge >= 0.3 is 0 Å². The first kappa shape index (κ1) is 13.0. The molecule has 0 radical (unpaired) electrons. The van der Waals surface area contributed by atoms with Crippen LogP contribution in [0.15, 0.2) is 17.0 Å². The van der Waals surface area contributed by atoms with Crippen LogP contribution in [-0.4, -0.2) is 22.1 Å². The summed E-state index contributed by atoms with van der Waals surface area (Å²) >= 11 is 0. The molecular formula is C11H17NO3S. The van der Waals surface area contributed by atoms with Gasteiger partial charge in [0.25, 0.3) is 0 Å². The van der Waals surface area contributed by atoms with Crippen LogP contribution in [0, 0.1) is 13.8 Å². The van der Waals surface area contributed by atoms with Crippen LogP contribution in [0.2, 0.25) is 0 Å². The van der Waals surface area contributed by atoms with Crippen molar-refractivity contribution in [2.24, 2.45) is 0 Å². The Hall–Kier alpha value is -1.07. The van der Waals surface area contributed by atoms with Crippen LogP contribution < -0.4 is 9.46 Å². The van der Waals surface area contributed by atoms with Crippen molar-refractivity contribution in [1.29, 1.82) is 0 Å². The second-order valence-electron chi connectivity index (χ2n) is 3.52. The molecule has 0 amide bonds. The molecule has 5 heteroatoms. The number of benzene rings is 1. The van der Waals surface area contributed by atoms with E-state index in [-0.39, 0.29) is 0 Å². The van der Waals surface area contributed by atoms with Crippen LogP contribution in [0.25, 0.3) is 0 Å². The average molecular weight is 243 g/mol. The molecule has 0 saturated heterocycles. The van der Waals surface area contributed by atoms with Gasteiger partial charge in [-0.3, -0.25) is 0 Å². The maximum atomic E-state index is 11.7. The number of rotatable bonds is 4. The summed E-state index contributed by atoms with van der Waals surface area (Å²) < 4.78 is 31.1. The van der Waals surface area contributed by atoms with Gasteiger partial charge in [-0.15, -0.1) is 0 Å². The minimum atomic E-state index is -3.39. The molecule has 0 bridgehead atoms. The van der Waals surface area contributed by atoms with Gasteiger partial charge in [-0.25, -0.2) is 13.1 Å². The normalized spacial score (nSPS) is 11.5. The minimum Gasteiger partial charge on any atom is -0.494 e. The van der Waals surface area contributed by atoms with E-state index in [9.17, 15) is 8.42 Å². The third-order valence-corrected chi connectivity index (χ3v) is 3.89. The lowest BCUT2D eigenvalue weighted by Crippen LogP contribution is -2.19. The van der Waals surface area contributed by atoms with Crippen molar-refractivity contribution in [1.82, 2.24) is 4.72 Å². The van der Waals surface area contributed by atoms with E-state index < -0.39 is 10.0 Å². The van der Waals surface area contributed by atoms with Crippen molar-refractivity contribution >= 4 is 10.0 Å². The SMILES string of the molecule is CCOc1cc(C)c(S(=O)(=O)NC)cc1C. The van der Waals surface area contributed by atoms with E-state index in [0.29, 0.717) is 17.1 Å². The standard InChI is InChI=1S/C11H17NO3S/c1-5-15-10-6-9(3)11(7-8(10)2)16(13,14)12-4/h6-7,12H,5H2,1-4H3. The number of ether oxygens (including phenoxy) is 1. The highest BCUT2D eigenvalue weighted by Gasteiger charge is 2.16. The second-order valence-corrected chi connectivity index (χ2v) is 5.38. The average Bonchev–Trinajstić information content (AvgIpc) is 2.23. The lowest BCUT2D eigenvalue weighted by molar-refractivity contribution is 0.337. The van der Waals surface area contributed by atoms with Gasteiger partial charge in [-0.2, -0.15) is 0 Å². The maximum Gasteiger partial charge on any atom is 0.240 e. The lowest BCUT2D eigenvalue weighted by Gasteiger charge is -2.12. The highest BCUT2D eigenvalue weighted by atomic mass is 32.2. The Morgan fingerprint density at radius 3 is 2.38 bits per heavy atom. The molecule has 0 aromatic heterocycles. The summed E-state index contributed by atoms with van der Waals surface area (Å²) in [5, 5.41) is 0. The van der Waals surface area contributed by atoms with E-state index in [1.165, 1.54) is 7.05 Å². The lowest BCUT2D eigenvalue weighted by atomic mass is 10.1. The summed E-state index contributed by atoms with van der Waals surface area (Å²) in [6.45, 7) is 6.05.